The molecule has 0 amide bonds. The third-order valence-corrected chi connectivity index (χ3v) is 7.15. The second kappa shape index (κ2) is 5.93. The van der Waals surface area contributed by atoms with Crippen LogP contribution in [0, 0.1) is 0 Å². The minimum atomic E-state index is -3.74. The summed E-state index contributed by atoms with van der Waals surface area (Å²) in [6.07, 6.45) is 5.16. The molecule has 0 bridgehead atoms. The fourth-order valence-electron chi connectivity index (χ4n) is 2.19. The quantitative estimate of drug-likeness (QED) is 0.796. The lowest BCUT2D eigenvalue weighted by Gasteiger charge is -2.40. The highest BCUT2D eigenvalue weighted by Crippen LogP contribution is 2.42. The van der Waals surface area contributed by atoms with Gasteiger partial charge in [0.2, 0.25) is 10.0 Å². The normalized spacial score (nSPS) is 17.8. The minimum Gasteiger partial charge on any atom is -0.398 e. The van der Waals surface area contributed by atoms with Crippen LogP contribution in [0.25, 0.3) is 0 Å². The van der Waals surface area contributed by atoms with Crippen molar-refractivity contribution in [3.8, 4) is 0 Å². The van der Waals surface area contributed by atoms with Crippen LogP contribution >= 0.6 is 35.0 Å². The molecule has 0 saturated heterocycles. The summed E-state index contributed by atoms with van der Waals surface area (Å²) >= 11 is 13.4. The van der Waals surface area contributed by atoms with Gasteiger partial charge in [-0.1, -0.05) is 29.6 Å². The van der Waals surface area contributed by atoms with Crippen molar-refractivity contribution in [2.75, 3.05) is 18.5 Å². The third kappa shape index (κ3) is 3.20. The molecule has 3 N–H and O–H groups in total. The molecule has 1 saturated carbocycles. The molecule has 0 atom stereocenters. The van der Waals surface area contributed by atoms with Crippen molar-refractivity contribution in [1.82, 2.24) is 4.72 Å². The standard InChI is InChI=1S/C12H16Cl2N2O2S2/c1-19-12(3-2-4-12)7-16-20(17,18)11-9(14)5-8(13)6-10(11)15/h5-6,16H,2-4,7,15H2,1H3. The van der Waals surface area contributed by atoms with Crippen molar-refractivity contribution in [2.45, 2.75) is 28.9 Å². The maximum Gasteiger partial charge on any atom is 0.244 e. The van der Waals surface area contributed by atoms with E-state index in [1.54, 1.807) is 11.8 Å². The van der Waals surface area contributed by atoms with Crippen molar-refractivity contribution in [3.05, 3.63) is 22.2 Å². The lowest BCUT2D eigenvalue weighted by molar-refractivity contribution is 0.362. The molecule has 1 aliphatic carbocycles. The number of hydrogen-bond acceptors (Lipinski definition) is 4. The highest BCUT2D eigenvalue weighted by Gasteiger charge is 2.37. The smallest absolute Gasteiger partial charge is 0.244 e. The molecule has 1 aromatic carbocycles. The number of halogens is 2. The van der Waals surface area contributed by atoms with E-state index in [0.29, 0.717) is 11.6 Å². The molecule has 0 radical (unpaired) electrons. The summed E-state index contributed by atoms with van der Waals surface area (Å²) in [7, 11) is -3.74. The van der Waals surface area contributed by atoms with E-state index in [4.69, 9.17) is 28.9 Å². The van der Waals surface area contributed by atoms with E-state index in [1.807, 2.05) is 6.26 Å². The average molecular weight is 355 g/mol. The molecular weight excluding hydrogens is 339 g/mol. The number of hydrogen-bond donors (Lipinski definition) is 2. The first-order valence-electron chi connectivity index (χ1n) is 6.09. The van der Waals surface area contributed by atoms with Crippen LogP contribution in [-0.4, -0.2) is 26.0 Å². The summed E-state index contributed by atoms with van der Waals surface area (Å²) in [6, 6.07) is 2.76. The van der Waals surface area contributed by atoms with Gasteiger partial charge >= 0.3 is 0 Å². The molecule has 2 rings (SSSR count). The Labute approximate surface area is 133 Å². The van der Waals surface area contributed by atoms with Crippen molar-refractivity contribution in [3.63, 3.8) is 0 Å². The molecule has 1 aliphatic rings. The Morgan fingerprint density at radius 2 is 2.05 bits per heavy atom. The Morgan fingerprint density at radius 3 is 2.50 bits per heavy atom. The molecule has 20 heavy (non-hydrogen) atoms. The van der Waals surface area contributed by atoms with E-state index in [9.17, 15) is 8.42 Å². The molecule has 0 heterocycles. The van der Waals surface area contributed by atoms with Gasteiger partial charge in [0.05, 0.1) is 10.7 Å². The molecule has 0 aromatic heterocycles. The number of sulfonamides is 1. The van der Waals surface area contributed by atoms with Gasteiger partial charge in [-0.15, -0.1) is 0 Å². The molecular formula is C12H16Cl2N2O2S2. The number of rotatable bonds is 5. The monoisotopic (exact) mass is 354 g/mol. The maximum absolute atomic E-state index is 12.4. The van der Waals surface area contributed by atoms with Crippen LogP contribution in [0.5, 0.6) is 0 Å². The van der Waals surface area contributed by atoms with E-state index in [-0.39, 0.29) is 20.4 Å². The fraction of sp³-hybridized carbons (Fsp3) is 0.500. The number of thioether (sulfide) groups is 1. The number of nitrogens with two attached hydrogens (primary N) is 1. The summed E-state index contributed by atoms with van der Waals surface area (Å²) < 4.78 is 27.3. The first-order chi connectivity index (χ1) is 9.30. The van der Waals surface area contributed by atoms with Crippen LogP contribution in [0.1, 0.15) is 19.3 Å². The van der Waals surface area contributed by atoms with Gasteiger partial charge in [0.15, 0.2) is 0 Å². The zero-order chi connectivity index (χ0) is 15.0. The van der Waals surface area contributed by atoms with Gasteiger partial charge in [0.25, 0.3) is 0 Å². The molecule has 8 heteroatoms. The molecule has 0 aliphatic heterocycles. The van der Waals surface area contributed by atoms with Crippen molar-refractivity contribution in [1.29, 1.82) is 0 Å². The predicted octanol–water partition coefficient (Wildman–Crippen LogP) is 3.14. The highest BCUT2D eigenvalue weighted by atomic mass is 35.5. The number of nitrogen functional groups attached to an aromatic ring is 1. The summed E-state index contributed by atoms with van der Waals surface area (Å²) in [5.74, 6) is 0. The third-order valence-electron chi connectivity index (χ3n) is 3.59. The molecule has 112 valence electrons. The Bertz CT molecular complexity index is 587. The van der Waals surface area contributed by atoms with Gasteiger partial charge in [-0.05, 0) is 31.2 Å². The van der Waals surface area contributed by atoms with Gasteiger partial charge < -0.3 is 5.73 Å². The number of benzene rings is 1. The van der Waals surface area contributed by atoms with Crippen molar-refractivity contribution < 1.29 is 8.42 Å². The van der Waals surface area contributed by atoms with E-state index in [0.717, 1.165) is 19.3 Å². The lowest BCUT2D eigenvalue weighted by atomic mass is 9.84. The van der Waals surface area contributed by atoms with Crippen LogP contribution in [0.3, 0.4) is 0 Å². The van der Waals surface area contributed by atoms with Gasteiger partial charge in [0, 0.05) is 16.3 Å². The minimum absolute atomic E-state index is 0.000728. The van der Waals surface area contributed by atoms with E-state index >= 15 is 0 Å². The van der Waals surface area contributed by atoms with Crippen LogP contribution in [-0.2, 0) is 10.0 Å². The Hall–Kier alpha value is -0.140. The first kappa shape index (κ1) is 16.2. The average Bonchev–Trinajstić information content (AvgIpc) is 2.25. The van der Waals surface area contributed by atoms with Gasteiger partial charge in [-0.2, -0.15) is 11.8 Å². The van der Waals surface area contributed by atoms with Crippen molar-refractivity contribution >= 4 is 50.7 Å². The number of nitrogens with one attached hydrogen (secondary N) is 1. The molecule has 1 aromatic rings. The molecule has 1 fully saturated rings. The largest absolute Gasteiger partial charge is 0.398 e. The fourth-order valence-corrected chi connectivity index (χ4v) is 5.30. The molecule has 0 unspecified atom stereocenters. The zero-order valence-corrected chi connectivity index (χ0v) is 14.1. The summed E-state index contributed by atoms with van der Waals surface area (Å²) in [4.78, 5) is -0.0980. The van der Waals surface area contributed by atoms with Crippen molar-refractivity contribution in [2.24, 2.45) is 0 Å². The van der Waals surface area contributed by atoms with E-state index < -0.39 is 10.0 Å². The highest BCUT2D eigenvalue weighted by molar-refractivity contribution is 8.00. The summed E-state index contributed by atoms with van der Waals surface area (Å²) in [5.41, 5.74) is 5.79. The van der Waals surface area contributed by atoms with Gasteiger partial charge in [-0.25, -0.2) is 13.1 Å². The van der Waals surface area contributed by atoms with E-state index in [1.165, 1.54) is 12.1 Å². The van der Waals surface area contributed by atoms with Crippen LogP contribution < -0.4 is 10.5 Å². The number of anilines is 1. The maximum atomic E-state index is 12.4. The van der Waals surface area contributed by atoms with Crippen LogP contribution in [0.15, 0.2) is 17.0 Å². The Kier molecular flexibility index (Phi) is 4.81. The Balaban J connectivity index is 2.23. The van der Waals surface area contributed by atoms with Gasteiger partial charge in [-0.3, -0.25) is 0 Å². The first-order valence-corrected chi connectivity index (χ1v) is 9.55. The van der Waals surface area contributed by atoms with Crippen LogP contribution in [0.4, 0.5) is 5.69 Å². The van der Waals surface area contributed by atoms with Crippen LogP contribution in [0.2, 0.25) is 10.0 Å². The predicted molar refractivity (Wildman–Crippen MR) is 86.2 cm³/mol. The van der Waals surface area contributed by atoms with E-state index in [2.05, 4.69) is 4.72 Å². The molecule has 0 spiro atoms. The topological polar surface area (TPSA) is 72.2 Å². The molecule has 4 nitrogen and oxygen atoms in total. The second-order valence-electron chi connectivity index (χ2n) is 4.87. The summed E-state index contributed by atoms with van der Waals surface area (Å²) in [6.45, 7) is 0.384. The Morgan fingerprint density at radius 1 is 1.40 bits per heavy atom. The van der Waals surface area contributed by atoms with Gasteiger partial charge in [0.1, 0.15) is 4.90 Å². The zero-order valence-electron chi connectivity index (χ0n) is 10.9. The second-order valence-corrected chi connectivity index (χ2v) is 8.69. The lowest BCUT2D eigenvalue weighted by Crippen LogP contribution is -2.45. The summed E-state index contributed by atoms with van der Waals surface area (Å²) in [5, 5.41) is 0.348. The SMILES string of the molecule is CSC1(CNS(=O)(=O)c2c(N)cc(Cl)cc2Cl)CCC1.